The number of benzene rings is 11. The number of rotatable bonds is 4. The largest absolute Gasteiger partial charge is 0.456 e. The van der Waals surface area contributed by atoms with Crippen LogP contribution in [0.5, 0.6) is 0 Å². The number of para-hydroxylation sites is 4. The molecule has 0 unspecified atom stereocenters. The molecule has 0 amide bonds. The zero-order valence-electron chi connectivity index (χ0n) is 44.0. The van der Waals surface area contributed by atoms with Gasteiger partial charge < -0.3 is 27.1 Å². The van der Waals surface area contributed by atoms with Gasteiger partial charge >= 0.3 is 0 Å². The van der Waals surface area contributed by atoms with Crippen molar-refractivity contribution >= 4 is 131 Å². The number of fused-ring (bicyclic) bond motifs is 20. The molecule has 0 atom stereocenters. The maximum atomic E-state index is 12.7. The van der Waals surface area contributed by atoms with Crippen LogP contribution >= 0.6 is 0 Å². The lowest BCUT2D eigenvalue weighted by Crippen LogP contribution is -2.17. The number of nitrogens with zero attached hydrogens (tertiary/aromatic N) is 6. The Morgan fingerprint density at radius 3 is 0.975 bits per heavy atom. The molecule has 0 radical (unpaired) electrons. The topological polar surface area (TPSA) is 93.6 Å². The third-order valence-corrected chi connectivity index (χ3v) is 17.0. The molecule has 0 aliphatic carbocycles. The Balaban J connectivity index is 1.20. The van der Waals surface area contributed by atoms with Gasteiger partial charge in [0.25, 0.3) is 0 Å². The number of aryl methyl sites for hydroxylation is 4. The highest BCUT2D eigenvalue weighted by atomic mass is 16.3. The number of hydrogen-bond acceptors (Lipinski definition) is 4. The maximum absolute atomic E-state index is 12.7. The first-order valence-corrected chi connectivity index (χ1v) is 27.0. The molecule has 80 heavy (non-hydrogen) atoms. The molecule has 11 aromatic carbocycles. The highest BCUT2D eigenvalue weighted by Crippen LogP contribution is 2.51. The summed E-state index contributed by atoms with van der Waals surface area (Å²) in [6.07, 6.45) is 0. The Labute approximate surface area is 456 Å². The lowest BCUT2D eigenvalue weighted by Gasteiger charge is -2.27. The van der Waals surface area contributed by atoms with E-state index in [2.05, 4.69) is 228 Å². The molecule has 0 aliphatic heterocycles. The van der Waals surface area contributed by atoms with E-state index in [-0.39, 0.29) is 0 Å². The second-order valence-corrected chi connectivity index (χ2v) is 21.7. The van der Waals surface area contributed by atoms with Crippen LogP contribution < -0.4 is 0 Å². The van der Waals surface area contributed by atoms with Crippen molar-refractivity contribution in [2.24, 2.45) is 0 Å². The van der Waals surface area contributed by atoms with Gasteiger partial charge in [-0.3, -0.25) is 0 Å². The van der Waals surface area contributed by atoms with Gasteiger partial charge in [0, 0.05) is 64.6 Å². The Kier molecular flexibility index (Phi) is 8.81. The van der Waals surface area contributed by atoms with Crippen LogP contribution in [0.4, 0.5) is 0 Å². The predicted molar refractivity (Wildman–Crippen MR) is 327 cm³/mol. The fraction of sp³-hybridized carbons (Fsp3) is 0.0556. The monoisotopic (exact) mass is 1020 g/mol. The van der Waals surface area contributed by atoms with Crippen molar-refractivity contribution in [1.29, 1.82) is 10.5 Å². The normalized spacial score (nSPS) is 12.2. The van der Waals surface area contributed by atoms with E-state index in [0.717, 1.165) is 153 Å². The van der Waals surface area contributed by atoms with Crippen molar-refractivity contribution in [3.63, 3.8) is 0 Å². The highest BCUT2D eigenvalue weighted by Gasteiger charge is 2.35. The van der Waals surface area contributed by atoms with Crippen molar-refractivity contribution in [3.05, 3.63) is 228 Å². The van der Waals surface area contributed by atoms with Gasteiger partial charge in [0.1, 0.15) is 45.6 Å². The first-order valence-electron chi connectivity index (χ1n) is 27.0. The molecule has 8 heteroatoms. The van der Waals surface area contributed by atoms with Gasteiger partial charge in [0.15, 0.2) is 0 Å². The summed E-state index contributed by atoms with van der Waals surface area (Å²) in [5, 5.41) is 37.7. The van der Waals surface area contributed by atoms with Crippen molar-refractivity contribution < 1.29 is 8.83 Å². The summed E-state index contributed by atoms with van der Waals surface area (Å²) < 4.78 is 22.5. The minimum absolute atomic E-state index is 0.346. The van der Waals surface area contributed by atoms with Gasteiger partial charge in [-0.2, -0.15) is 10.5 Å². The van der Waals surface area contributed by atoms with Gasteiger partial charge in [0.2, 0.25) is 0 Å². The second-order valence-electron chi connectivity index (χ2n) is 21.7. The number of aromatic nitrogens is 4. The lowest BCUT2D eigenvalue weighted by molar-refractivity contribution is 0.669. The molecule has 6 heterocycles. The third kappa shape index (κ3) is 5.71. The van der Waals surface area contributed by atoms with Crippen LogP contribution in [0.15, 0.2) is 203 Å². The predicted octanol–water partition coefficient (Wildman–Crippen LogP) is 18.9. The first kappa shape index (κ1) is 44.3. The summed E-state index contributed by atoms with van der Waals surface area (Å²) in [6, 6.07) is 74.0. The number of nitriles is 2. The van der Waals surface area contributed by atoms with E-state index in [1.165, 1.54) is 0 Å². The zero-order chi connectivity index (χ0) is 53.4. The molecule has 17 rings (SSSR count). The van der Waals surface area contributed by atoms with Crippen molar-refractivity contribution in [3.8, 4) is 34.9 Å². The van der Waals surface area contributed by atoms with E-state index in [9.17, 15) is 10.5 Å². The average molecular weight is 1030 g/mol. The SMILES string of the molecule is Cc1ccc2c(c1)c1cc(C)ccc1n2-c1c(C#N)c(-n2c3ccccc3c3c4c(ccc32)oc2ccccc24)c(-n2c3ccc(C)cc3c3cc(C)ccc32)c(-n2c3ccccc3c3c4c(ccc32)oc2ccccc24)c1C#N. The Morgan fingerprint density at radius 1 is 0.275 bits per heavy atom. The summed E-state index contributed by atoms with van der Waals surface area (Å²) in [5.41, 5.74) is 18.0. The fourth-order valence-corrected chi connectivity index (χ4v) is 13.8. The molecule has 0 fully saturated rings. The number of hydrogen-bond donors (Lipinski definition) is 0. The van der Waals surface area contributed by atoms with Crippen LogP contribution in [0.2, 0.25) is 0 Å². The molecule has 0 aliphatic rings. The van der Waals surface area contributed by atoms with E-state index in [4.69, 9.17) is 8.83 Å². The van der Waals surface area contributed by atoms with E-state index < -0.39 is 0 Å². The van der Waals surface area contributed by atoms with Crippen molar-refractivity contribution in [2.75, 3.05) is 0 Å². The lowest BCUT2D eigenvalue weighted by atomic mass is 9.98. The standard InChI is InChI=1S/C72H44N6O2/c1-39-21-25-55-47(33-39)48-34-40(2)22-26-56(48)75(55)69-51(37-73)70(77-53-17-9-5-13-43(53)65-59(77)29-31-63-67(65)45-15-7-11-19-61(45)79-63)72(76-57-27-23-41(3)35-49(57)50-36-42(4)24-28-58(50)76)71(52(69)38-74)78-54-18-10-6-14-44(54)66-60(78)30-32-64-68(66)46-16-8-12-20-62(46)80-64/h5-36H,1-4H3. The first-order chi connectivity index (χ1) is 39.3. The minimum Gasteiger partial charge on any atom is -0.456 e. The molecule has 374 valence electrons. The molecule has 8 nitrogen and oxygen atoms in total. The maximum Gasteiger partial charge on any atom is 0.136 e. The Morgan fingerprint density at radius 2 is 0.588 bits per heavy atom. The van der Waals surface area contributed by atoms with Gasteiger partial charge in [-0.15, -0.1) is 0 Å². The van der Waals surface area contributed by atoms with Crippen molar-refractivity contribution in [1.82, 2.24) is 18.3 Å². The summed E-state index contributed by atoms with van der Waals surface area (Å²) >= 11 is 0. The molecule has 0 N–H and O–H groups in total. The smallest absolute Gasteiger partial charge is 0.136 e. The van der Waals surface area contributed by atoms with Crippen LogP contribution in [0.25, 0.3) is 154 Å². The molecular weight excluding hydrogens is 981 g/mol. The molecule has 0 saturated heterocycles. The van der Waals surface area contributed by atoms with E-state index >= 15 is 0 Å². The molecule has 0 spiro atoms. The van der Waals surface area contributed by atoms with Crippen LogP contribution in [-0.2, 0) is 0 Å². The zero-order valence-corrected chi connectivity index (χ0v) is 44.0. The second kappa shape index (κ2) is 15.9. The third-order valence-electron chi connectivity index (χ3n) is 17.0. The molecule has 6 aromatic heterocycles. The van der Waals surface area contributed by atoms with E-state index in [1.807, 2.05) is 24.3 Å². The summed E-state index contributed by atoms with van der Waals surface area (Å²) in [7, 11) is 0. The Bertz CT molecular complexity index is 5410. The van der Waals surface area contributed by atoms with Crippen LogP contribution in [0, 0.1) is 50.4 Å². The van der Waals surface area contributed by atoms with Crippen LogP contribution in [-0.4, -0.2) is 18.3 Å². The molecule has 0 saturated carbocycles. The number of furan rings is 2. The Hall–Kier alpha value is -10.8. The van der Waals surface area contributed by atoms with Crippen LogP contribution in [0.3, 0.4) is 0 Å². The van der Waals surface area contributed by atoms with Crippen LogP contribution in [0.1, 0.15) is 33.4 Å². The van der Waals surface area contributed by atoms with Gasteiger partial charge in [-0.05, 0) is 125 Å². The molecular formula is C72H44N6O2. The summed E-state index contributed by atoms with van der Waals surface area (Å²) in [6.45, 7) is 8.50. The fourth-order valence-electron chi connectivity index (χ4n) is 13.8. The van der Waals surface area contributed by atoms with E-state index in [1.54, 1.807) is 0 Å². The van der Waals surface area contributed by atoms with Gasteiger partial charge in [-0.1, -0.05) is 119 Å². The molecule has 17 aromatic rings. The molecule has 0 bridgehead atoms. The van der Waals surface area contributed by atoms with Gasteiger partial charge in [0.05, 0.1) is 66.9 Å². The van der Waals surface area contributed by atoms with Gasteiger partial charge in [-0.25, -0.2) is 0 Å². The average Bonchev–Trinajstić information content (AvgIpc) is 4.51. The van der Waals surface area contributed by atoms with Crippen molar-refractivity contribution in [2.45, 2.75) is 27.7 Å². The highest BCUT2D eigenvalue weighted by molar-refractivity contribution is 6.29. The quantitative estimate of drug-likeness (QED) is 0.175. The minimum atomic E-state index is 0.346. The van der Waals surface area contributed by atoms with E-state index in [0.29, 0.717) is 33.9 Å². The summed E-state index contributed by atoms with van der Waals surface area (Å²) in [4.78, 5) is 0. The summed E-state index contributed by atoms with van der Waals surface area (Å²) in [5.74, 6) is 0.